The van der Waals surface area contributed by atoms with Crippen molar-refractivity contribution in [2.75, 3.05) is 0 Å². The van der Waals surface area contributed by atoms with Crippen molar-refractivity contribution in [1.82, 2.24) is 10.2 Å². The molecule has 0 spiro atoms. The zero-order valence-electron chi connectivity index (χ0n) is 5.65. The van der Waals surface area contributed by atoms with Crippen molar-refractivity contribution < 1.29 is 0 Å². The van der Waals surface area contributed by atoms with Crippen LogP contribution in [-0.2, 0) is 18.7 Å². The molecule has 1 aromatic heterocycles. The predicted octanol–water partition coefficient (Wildman–Crippen LogP) is 1.64. The third-order valence-electron chi connectivity index (χ3n) is 2.02. The Kier molecular flexibility index (Phi) is 1.42. The van der Waals surface area contributed by atoms with Crippen LogP contribution in [0.1, 0.15) is 23.4 Å². The Bertz CT molecular complexity index is 242. The second-order valence-corrected chi connectivity index (χ2v) is 2.88. The molecule has 1 aliphatic carbocycles. The molecule has 0 radical (unpaired) electrons. The highest BCUT2D eigenvalue weighted by Crippen LogP contribution is 2.23. The Morgan fingerprint density at radius 2 is 2.40 bits per heavy atom. The van der Waals surface area contributed by atoms with E-state index in [4.69, 9.17) is 11.6 Å². The first kappa shape index (κ1) is 6.23. The van der Waals surface area contributed by atoms with Crippen LogP contribution in [0.15, 0.2) is 0 Å². The summed E-state index contributed by atoms with van der Waals surface area (Å²) in [5, 5.41) is 7.10. The number of hydrogen-bond donors (Lipinski definition) is 1. The Hall–Kier alpha value is -0.500. The van der Waals surface area contributed by atoms with Crippen molar-refractivity contribution in [3.8, 4) is 0 Å². The van der Waals surface area contributed by atoms with Gasteiger partial charge in [-0.3, -0.25) is 5.10 Å². The molecule has 1 N–H and O–H groups in total. The number of aryl methyl sites for hydroxylation is 1. The molecule has 0 amide bonds. The van der Waals surface area contributed by atoms with Gasteiger partial charge in [0.2, 0.25) is 0 Å². The van der Waals surface area contributed by atoms with Gasteiger partial charge < -0.3 is 0 Å². The minimum absolute atomic E-state index is 0.547. The summed E-state index contributed by atoms with van der Waals surface area (Å²) in [6.07, 6.45) is 3.57. The van der Waals surface area contributed by atoms with Crippen LogP contribution < -0.4 is 0 Å². The Morgan fingerprint density at radius 1 is 1.50 bits per heavy atom. The normalized spacial score (nSPS) is 15.7. The summed E-state index contributed by atoms with van der Waals surface area (Å²) in [5.74, 6) is 0.547. The molecule has 54 valence electrons. The highest BCUT2D eigenvalue weighted by Gasteiger charge is 2.16. The fraction of sp³-hybridized carbons (Fsp3) is 0.571. The smallest absolute Gasteiger partial charge is 0.0804 e. The summed E-state index contributed by atoms with van der Waals surface area (Å²) < 4.78 is 0. The number of nitrogens with zero attached hydrogens (tertiary/aromatic N) is 1. The van der Waals surface area contributed by atoms with E-state index in [9.17, 15) is 0 Å². The van der Waals surface area contributed by atoms with Gasteiger partial charge >= 0.3 is 0 Å². The summed E-state index contributed by atoms with van der Waals surface area (Å²) in [6.45, 7) is 0. The van der Waals surface area contributed by atoms with Crippen LogP contribution in [0.3, 0.4) is 0 Å². The van der Waals surface area contributed by atoms with E-state index >= 15 is 0 Å². The zero-order valence-corrected chi connectivity index (χ0v) is 6.41. The molecular weight excluding hydrogens is 148 g/mol. The predicted molar refractivity (Wildman–Crippen MR) is 40.2 cm³/mol. The van der Waals surface area contributed by atoms with Gasteiger partial charge in [0.15, 0.2) is 0 Å². The Morgan fingerprint density at radius 3 is 3.20 bits per heavy atom. The first-order valence-electron chi connectivity index (χ1n) is 3.53. The number of fused-ring (bicyclic) bond motifs is 1. The molecule has 0 bridgehead atoms. The summed E-state index contributed by atoms with van der Waals surface area (Å²) in [4.78, 5) is 0. The van der Waals surface area contributed by atoms with Gasteiger partial charge in [0.25, 0.3) is 0 Å². The lowest BCUT2D eigenvalue weighted by Crippen LogP contribution is -1.84. The summed E-state index contributed by atoms with van der Waals surface area (Å²) in [5.41, 5.74) is 3.72. The fourth-order valence-electron chi connectivity index (χ4n) is 1.50. The number of aromatic amines is 1. The van der Waals surface area contributed by atoms with Gasteiger partial charge in [0, 0.05) is 5.69 Å². The maximum Gasteiger partial charge on any atom is 0.0804 e. The topological polar surface area (TPSA) is 28.7 Å². The Balaban J connectivity index is 2.44. The van der Waals surface area contributed by atoms with Gasteiger partial charge in [0.05, 0.1) is 11.6 Å². The monoisotopic (exact) mass is 156 g/mol. The molecule has 3 heteroatoms. The molecule has 0 saturated heterocycles. The lowest BCUT2D eigenvalue weighted by atomic mass is 10.2. The van der Waals surface area contributed by atoms with Crippen LogP contribution in [0.25, 0.3) is 0 Å². The molecule has 2 rings (SSSR count). The molecular formula is C7H9ClN2. The number of nitrogens with one attached hydrogen (secondary N) is 1. The number of aromatic nitrogens is 2. The van der Waals surface area contributed by atoms with Crippen molar-refractivity contribution in [1.29, 1.82) is 0 Å². The van der Waals surface area contributed by atoms with Crippen molar-refractivity contribution >= 4 is 11.6 Å². The lowest BCUT2D eigenvalue weighted by molar-refractivity contribution is 0.851. The first-order chi connectivity index (χ1) is 4.92. The van der Waals surface area contributed by atoms with Gasteiger partial charge in [-0.2, -0.15) is 5.10 Å². The van der Waals surface area contributed by atoms with Crippen molar-refractivity contribution in [2.45, 2.75) is 25.1 Å². The van der Waals surface area contributed by atoms with E-state index in [1.807, 2.05) is 0 Å². The molecule has 1 aliphatic rings. The van der Waals surface area contributed by atoms with Gasteiger partial charge in [0.1, 0.15) is 0 Å². The van der Waals surface area contributed by atoms with Crippen LogP contribution >= 0.6 is 11.6 Å². The molecule has 1 aromatic rings. The number of alkyl halides is 1. The van der Waals surface area contributed by atoms with E-state index in [1.54, 1.807) is 0 Å². The number of halogens is 1. The average Bonchev–Trinajstić information content (AvgIpc) is 2.44. The molecule has 10 heavy (non-hydrogen) atoms. The van der Waals surface area contributed by atoms with Crippen molar-refractivity contribution in [3.63, 3.8) is 0 Å². The number of H-pyrrole nitrogens is 1. The zero-order chi connectivity index (χ0) is 6.97. The standard InChI is InChI=1S/C7H9ClN2/c8-4-7-5-2-1-3-6(5)9-10-7/h1-4H2,(H,9,10). The summed E-state index contributed by atoms with van der Waals surface area (Å²) in [7, 11) is 0. The molecule has 0 saturated carbocycles. The van der Waals surface area contributed by atoms with Crippen LogP contribution in [0.2, 0.25) is 0 Å². The highest BCUT2D eigenvalue weighted by molar-refractivity contribution is 6.17. The van der Waals surface area contributed by atoms with E-state index in [-0.39, 0.29) is 0 Å². The second-order valence-electron chi connectivity index (χ2n) is 2.61. The largest absolute Gasteiger partial charge is 0.282 e. The van der Waals surface area contributed by atoms with E-state index in [0.29, 0.717) is 5.88 Å². The van der Waals surface area contributed by atoms with Gasteiger partial charge in [-0.05, 0) is 24.8 Å². The minimum atomic E-state index is 0.547. The molecule has 1 heterocycles. The maximum atomic E-state index is 5.67. The SMILES string of the molecule is ClCc1n[nH]c2c1CCC2. The summed E-state index contributed by atoms with van der Waals surface area (Å²) in [6, 6.07) is 0. The Labute approximate surface area is 64.6 Å². The molecule has 0 aliphatic heterocycles. The van der Waals surface area contributed by atoms with E-state index in [0.717, 1.165) is 18.5 Å². The second kappa shape index (κ2) is 2.27. The summed E-state index contributed by atoms with van der Waals surface area (Å²) >= 11 is 5.67. The lowest BCUT2D eigenvalue weighted by Gasteiger charge is -1.89. The van der Waals surface area contributed by atoms with Crippen molar-refractivity contribution in [2.24, 2.45) is 0 Å². The molecule has 2 nitrogen and oxygen atoms in total. The third kappa shape index (κ3) is 0.754. The van der Waals surface area contributed by atoms with Crippen LogP contribution in [0.5, 0.6) is 0 Å². The van der Waals surface area contributed by atoms with E-state index < -0.39 is 0 Å². The number of rotatable bonds is 1. The van der Waals surface area contributed by atoms with Crippen LogP contribution in [0, 0.1) is 0 Å². The minimum Gasteiger partial charge on any atom is -0.282 e. The molecule has 0 atom stereocenters. The van der Waals surface area contributed by atoms with Crippen molar-refractivity contribution in [3.05, 3.63) is 17.0 Å². The fourth-order valence-corrected chi connectivity index (χ4v) is 1.72. The van der Waals surface area contributed by atoms with Gasteiger partial charge in [-0.1, -0.05) is 0 Å². The molecule has 0 aromatic carbocycles. The van der Waals surface area contributed by atoms with Crippen LogP contribution in [0.4, 0.5) is 0 Å². The average molecular weight is 157 g/mol. The van der Waals surface area contributed by atoms with Crippen LogP contribution in [-0.4, -0.2) is 10.2 Å². The first-order valence-corrected chi connectivity index (χ1v) is 4.06. The van der Waals surface area contributed by atoms with E-state index in [2.05, 4.69) is 10.2 Å². The van der Waals surface area contributed by atoms with E-state index in [1.165, 1.54) is 17.7 Å². The van der Waals surface area contributed by atoms with Gasteiger partial charge in [-0.15, -0.1) is 11.6 Å². The highest BCUT2D eigenvalue weighted by atomic mass is 35.5. The third-order valence-corrected chi connectivity index (χ3v) is 2.27. The quantitative estimate of drug-likeness (QED) is 0.616. The molecule has 0 fully saturated rings. The molecule has 0 unspecified atom stereocenters. The number of hydrogen-bond acceptors (Lipinski definition) is 1. The van der Waals surface area contributed by atoms with Gasteiger partial charge in [-0.25, -0.2) is 0 Å². The maximum absolute atomic E-state index is 5.67.